The second-order valence-electron chi connectivity index (χ2n) is 8.01. The van der Waals surface area contributed by atoms with E-state index in [-0.39, 0.29) is 0 Å². The molecule has 0 aromatic rings. The first kappa shape index (κ1) is 12.6. The molecule has 19 heavy (non-hydrogen) atoms. The van der Waals surface area contributed by atoms with Gasteiger partial charge in [0.2, 0.25) is 0 Å². The van der Waals surface area contributed by atoms with Gasteiger partial charge >= 0.3 is 0 Å². The molecule has 4 fully saturated rings. The summed E-state index contributed by atoms with van der Waals surface area (Å²) in [5.41, 5.74) is 0. The zero-order valence-corrected chi connectivity index (χ0v) is 12.4. The van der Waals surface area contributed by atoms with E-state index in [0.29, 0.717) is 0 Å². The van der Waals surface area contributed by atoms with Gasteiger partial charge in [-0.15, -0.1) is 0 Å². The first-order valence-corrected chi connectivity index (χ1v) is 8.80. The Balaban J connectivity index is 1.34. The maximum Gasteiger partial charge on any atom is 0.0506 e. The minimum atomic E-state index is 1.04. The lowest BCUT2D eigenvalue weighted by molar-refractivity contribution is 0.00142. The summed E-state index contributed by atoms with van der Waals surface area (Å²) in [6, 6.07) is 0. The number of likely N-dealkylation sites (tertiary alicyclic amines) is 2. The molecule has 0 spiro atoms. The summed E-state index contributed by atoms with van der Waals surface area (Å²) < 4.78 is 0. The Morgan fingerprint density at radius 2 is 0.947 bits per heavy atom. The topological polar surface area (TPSA) is 6.48 Å². The molecule has 2 aliphatic carbocycles. The van der Waals surface area contributed by atoms with Crippen LogP contribution < -0.4 is 0 Å². The van der Waals surface area contributed by atoms with Crippen molar-refractivity contribution in [1.82, 2.24) is 9.80 Å². The highest BCUT2D eigenvalue weighted by molar-refractivity contribution is 4.86. The summed E-state index contributed by atoms with van der Waals surface area (Å²) in [7, 11) is 0. The molecule has 2 saturated heterocycles. The van der Waals surface area contributed by atoms with E-state index in [1.807, 2.05) is 0 Å². The van der Waals surface area contributed by atoms with Gasteiger partial charge in [-0.3, -0.25) is 9.80 Å². The quantitative estimate of drug-likeness (QED) is 0.754. The smallest absolute Gasteiger partial charge is 0.0506 e. The molecule has 4 aliphatic rings. The summed E-state index contributed by atoms with van der Waals surface area (Å²) in [4.78, 5) is 5.61. The van der Waals surface area contributed by atoms with Crippen molar-refractivity contribution in [3.8, 4) is 0 Å². The molecule has 2 heteroatoms. The number of hydrogen-bond donors (Lipinski definition) is 0. The molecule has 2 aliphatic heterocycles. The highest BCUT2D eigenvalue weighted by Crippen LogP contribution is 2.36. The molecule has 0 N–H and O–H groups in total. The van der Waals surface area contributed by atoms with Crippen molar-refractivity contribution in [1.29, 1.82) is 0 Å². The van der Waals surface area contributed by atoms with Crippen LogP contribution in [0.4, 0.5) is 0 Å². The Labute approximate surface area is 118 Å². The van der Waals surface area contributed by atoms with Crippen LogP contribution in [-0.2, 0) is 0 Å². The van der Waals surface area contributed by atoms with E-state index in [9.17, 15) is 0 Å². The van der Waals surface area contributed by atoms with Gasteiger partial charge in [0.25, 0.3) is 0 Å². The summed E-state index contributed by atoms with van der Waals surface area (Å²) in [5.74, 6) is 4.15. The summed E-state index contributed by atoms with van der Waals surface area (Å²) >= 11 is 0. The van der Waals surface area contributed by atoms with Gasteiger partial charge in [0, 0.05) is 26.2 Å². The van der Waals surface area contributed by atoms with Crippen LogP contribution in [0, 0.1) is 23.7 Å². The van der Waals surface area contributed by atoms with Crippen molar-refractivity contribution >= 4 is 0 Å². The lowest BCUT2D eigenvalue weighted by atomic mass is 9.77. The standard InChI is InChI=1S/C17H30N2/c1-3-14-7-15(4-1)10-18(9-14)13-19-11-16-5-2-6-17(8-16)12-19/h14-17H,1-13H2. The monoisotopic (exact) mass is 262 g/mol. The lowest BCUT2D eigenvalue weighted by Gasteiger charge is -2.46. The van der Waals surface area contributed by atoms with Crippen LogP contribution in [0.5, 0.6) is 0 Å². The zero-order chi connectivity index (χ0) is 12.7. The van der Waals surface area contributed by atoms with Crippen LogP contribution in [0.3, 0.4) is 0 Å². The van der Waals surface area contributed by atoms with Gasteiger partial charge in [0.15, 0.2) is 0 Å². The zero-order valence-electron chi connectivity index (χ0n) is 12.4. The van der Waals surface area contributed by atoms with Crippen molar-refractivity contribution in [2.75, 3.05) is 32.8 Å². The second-order valence-corrected chi connectivity index (χ2v) is 8.01. The van der Waals surface area contributed by atoms with Crippen molar-refractivity contribution in [2.24, 2.45) is 23.7 Å². The Morgan fingerprint density at radius 3 is 1.32 bits per heavy atom. The highest BCUT2D eigenvalue weighted by Gasteiger charge is 2.34. The van der Waals surface area contributed by atoms with E-state index in [1.165, 1.54) is 71.4 Å². The van der Waals surface area contributed by atoms with Gasteiger partial charge in [-0.25, -0.2) is 0 Å². The number of fused-ring (bicyclic) bond motifs is 4. The van der Waals surface area contributed by atoms with Crippen LogP contribution in [-0.4, -0.2) is 42.6 Å². The van der Waals surface area contributed by atoms with Crippen molar-refractivity contribution in [3.63, 3.8) is 0 Å². The summed E-state index contributed by atoms with van der Waals surface area (Å²) in [6.07, 6.45) is 12.2. The minimum Gasteiger partial charge on any atom is -0.290 e. The van der Waals surface area contributed by atoms with Crippen molar-refractivity contribution < 1.29 is 0 Å². The summed E-state index contributed by atoms with van der Waals surface area (Å²) in [6.45, 7) is 6.91. The van der Waals surface area contributed by atoms with Gasteiger partial charge < -0.3 is 0 Å². The highest BCUT2D eigenvalue weighted by atomic mass is 15.3. The Kier molecular flexibility index (Phi) is 3.57. The summed E-state index contributed by atoms with van der Waals surface area (Å²) in [5, 5.41) is 0. The molecular formula is C17H30N2. The molecule has 4 atom stereocenters. The maximum absolute atomic E-state index is 2.80. The average Bonchev–Trinajstić information content (AvgIpc) is 2.38. The number of nitrogens with zero attached hydrogens (tertiary/aromatic N) is 2. The van der Waals surface area contributed by atoms with E-state index in [0.717, 1.165) is 23.7 Å². The molecule has 0 aromatic carbocycles. The maximum atomic E-state index is 2.80. The van der Waals surface area contributed by atoms with Gasteiger partial charge in [-0.2, -0.15) is 0 Å². The number of piperidine rings is 2. The fraction of sp³-hybridized carbons (Fsp3) is 1.00. The predicted octanol–water partition coefficient (Wildman–Crippen LogP) is 3.19. The third-order valence-electron chi connectivity index (χ3n) is 6.25. The van der Waals surface area contributed by atoms with E-state index >= 15 is 0 Å². The van der Waals surface area contributed by atoms with Gasteiger partial charge in [-0.1, -0.05) is 12.8 Å². The first-order chi connectivity index (χ1) is 9.35. The fourth-order valence-electron chi connectivity index (χ4n) is 5.59. The van der Waals surface area contributed by atoms with E-state index in [4.69, 9.17) is 0 Å². The van der Waals surface area contributed by atoms with E-state index < -0.39 is 0 Å². The van der Waals surface area contributed by atoms with Crippen LogP contribution >= 0.6 is 0 Å². The molecule has 0 amide bonds. The minimum absolute atomic E-state index is 1.04. The number of hydrogen-bond acceptors (Lipinski definition) is 2. The normalized spacial score (nSPS) is 44.2. The van der Waals surface area contributed by atoms with Crippen molar-refractivity contribution in [3.05, 3.63) is 0 Å². The molecule has 0 radical (unpaired) electrons. The Bertz CT molecular complexity index is 262. The van der Waals surface area contributed by atoms with Crippen LogP contribution in [0.2, 0.25) is 0 Å². The van der Waals surface area contributed by atoms with E-state index in [2.05, 4.69) is 9.80 Å². The van der Waals surface area contributed by atoms with Crippen LogP contribution in [0.25, 0.3) is 0 Å². The van der Waals surface area contributed by atoms with Crippen molar-refractivity contribution in [2.45, 2.75) is 51.4 Å². The molecule has 4 unspecified atom stereocenters. The average molecular weight is 262 g/mol. The fourth-order valence-corrected chi connectivity index (χ4v) is 5.59. The Hall–Kier alpha value is -0.0800. The van der Waals surface area contributed by atoms with Gasteiger partial charge in [-0.05, 0) is 62.2 Å². The number of rotatable bonds is 2. The Morgan fingerprint density at radius 1 is 0.579 bits per heavy atom. The molecule has 2 saturated carbocycles. The van der Waals surface area contributed by atoms with E-state index in [1.54, 1.807) is 12.8 Å². The predicted molar refractivity (Wildman–Crippen MR) is 78.9 cm³/mol. The first-order valence-electron chi connectivity index (χ1n) is 8.80. The molecule has 4 rings (SSSR count). The molecular weight excluding hydrogens is 232 g/mol. The molecule has 2 nitrogen and oxygen atoms in total. The van der Waals surface area contributed by atoms with Gasteiger partial charge in [0.1, 0.15) is 0 Å². The van der Waals surface area contributed by atoms with Crippen LogP contribution in [0.15, 0.2) is 0 Å². The second kappa shape index (κ2) is 5.37. The van der Waals surface area contributed by atoms with Crippen LogP contribution in [0.1, 0.15) is 51.4 Å². The van der Waals surface area contributed by atoms with Gasteiger partial charge in [0.05, 0.1) is 6.67 Å². The SMILES string of the molecule is C1CC2CC(C1)CN(CN1CC3CCCC(C3)C1)C2. The molecule has 0 aromatic heterocycles. The molecule has 2 heterocycles. The largest absolute Gasteiger partial charge is 0.290 e. The third kappa shape index (κ3) is 2.85. The third-order valence-corrected chi connectivity index (χ3v) is 6.25. The lowest BCUT2D eigenvalue weighted by Crippen LogP contribution is -2.51. The molecule has 108 valence electrons. The molecule has 4 bridgehead atoms.